The minimum absolute atomic E-state index is 0.247. The maximum Gasteiger partial charge on any atom is 0.328 e. The van der Waals surface area contributed by atoms with Crippen molar-refractivity contribution in [1.82, 2.24) is 10.7 Å². The zero-order valence-corrected chi connectivity index (χ0v) is 12.0. The van der Waals surface area contributed by atoms with E-state index in [1.54, 1.807) is 7.11 Å². The van der Waals surface area contributed by atoms with Gasteiger partial charge in [0.2, 0.25) is 0 Å². The molecule has 0 saturated heterocycles. The zero-order valence-electron chi connectivity index (χ0n) is 12.0. The molecule has 0 fully saturated rings. The molecule has 5 nitrogen and oxygen atoms in total. The van der Waals surface area contributed by atoms with Crippen molar-refractivity contribution in [3.63, 3.8) is 0 Å². The molecule has 0 saturated carbocycles. The molecule has 0 aromatic heterocycles. The second-order valence-corrected chi connectivity index (χ2v) is 5.10. The van der Waals surface area contributed by atoms with Gasteiger partial charge in [-0.25, -0.2) is 10.6 Å². The Morgan fingerprint density at radius 1 is 1.42 bits per heavy atom. The fraction of sp³-hybridized carbons (Fsp3) is 0.500. The minimum atomic E-state index is -0.390. The number of hydrogen-bond acceptors (Lipinski definition) is 3. The van der Waals surface area contributed by atoms with Gasteiger partial charge in [-0.15, -0.1) is 0 Å². The van der Waals surface area contributed by atoms with Gasteiger partial charge in [0.25, 0.3) is 0 Å². The molecule has 0 atom stereocenters. The molecule has 1 aromatic carbocycles. The molecule has 5 heteroatoms. The number of amides is 2. The van der Waals surface area contributed by atoms with E-state index in [1.807, 2.05) is 6.07 Å². The normalized spacial score (nSPS) is 11.0. The van der Waals surface area contributed by atoms with Crippen molar-refractivity contribution in [3.05, 3.63) is 29.3 Å². The first-order chi connectivity index (χ1) is 8.94. The standard InChI is InChI=1S/C14H23N3O2/c1-5-10-6-7-12(19-4)11(8-10)14(2,3)9-16-13(18)17-15/h6-8H,5,9,15H2,1-4H3,(H2,16,17,18). The number of carbonyl (C=O) groups is 1. The molecule has 0 aliphatic carbocycles. The van der Waals surface area contributed by atoms with E-state index < -0.39 is 6.03 Å². The van der Waals surface area contributed by atoms with Gasteiger partial charge in [0.05, 0.1) is 7.11 Å². The molecule has 0 aliphatic heterocycles. The Bertz CT molecular complexity index is 444. The van der Waals surface area contributed by atoms with Gasteiger partial charge < -0.3 is 10.1 Å². The highest BCUT2D eigenvalue weighted by molar-refractivity contribution is 5.73. The van der Waals surface area contributed by atoms with Crippen LogP contribution in [0.2, 0.25) is 0 Å². The summed E-state index contributed by atoms with van der Waals surface area (Å²) in [6.45, 7) is 6.69. The number of carbonyl (C=O) groups excluding carboxylic acids is 1. The van der Waals surface area contributed by atoms with Crippen LogP contribution in [0.5, 0.6) is 5.75 Å². The van der Waals surface area contributed by atoms with Crippen molar-refractivity contribution in [2.75, 3.05) is 13.7 Å². The van der Waals surface area contributed by atoms with Gasteiger partial charge in [-0.1, -0.05) is 32.9 Å². The lowest BCUT2D eigenvalue weighted by atomic mass is 9.83. The summed E-state index contributed by atoms with van der Waals surface area (Å²) in [6, 6.07) is 5.76. The molecular formula is C14H23N3O2. The number of benzene rings is 1. The van der Waals surface area contributed by atoms with Crippen molar-refractivity contribution in [1.29, 1.82) is 0 Å². The maximum absolute atomic E-state index is 11.2. The molecular weight excluding hydrogens is 242 g/mol. The van der Waals surface area contributed by atoms with Crippen LogP contribution in [0, 0.1) is 0 Å². The first-order valence-corrected chi connectivity index (χ1v) is 6.36. The zero-order chi connectivity index (χ0) is 14.5. The van der Waals surface area contributed by atoms with E-state index in [-0.39, 0.29) is 5.41 Å². The van der Waals surface area contributed by atoms with Crippen LogP contribution in [0.4, 0.5) is 4.79 Å². The SMILES string of the molecule is CCc1ccc(OC)c(C(C)(C)CNC(=O)NN)c1. The molecule has 1 aromatic rings. The molecule has 0 radical (unpaired) electrons. The van der Waals surface area contributed by atoms with E-state index in [0.717, 1.165) is 17.7 Å². The number of hydrogen-bond donors (Lipinski definition) is 3. The average molecular weight is 265 g/mol. The topological polar surface area (TPSA) is 76.4 Å². The number of ether oxygens (including phenoxy) is 1. The van der Waals surface area contributed by atoms with Gasteiger partial charge in [0, 0.05) is 17.5 Å². The fourth-order valence-corrected chi connectivity index (χ4v) is 1.95. The van der Waals surface area contributed by atoms with Gasteiger partial charge in [0.15, 0.2) is 0 Å². The third-order valence-electron chi connectivity index (χ3n) is 3.22. The third kappa shape index (κ3) is 3.86. The van der Waals surface area contributed by atoms with Crippen LogP contribution in [0.3, 0.4) is 0 Å². The Morgan fingerprint density at radius 3 is 2.63 bits per heavy atom. The number of aryl methyl sites for hydroxylation is 1. The molecule has 0 unspecified atom stereocenters. The van der Waals surface area contributed by atoms with Gasteiger partial charge in [0.1, 0.15) is 5.75 Å². The summed E-state index contributed by atoms with van der Waals surface area (Å²) in [5, 5.41) is 2.73. The van der Waals surface area contributed by atoms with Crippen LogP contribution in [0.25, 0.3) is 0 Å². The molecule has 0 heterocycles. The molecule has 0 spiro atoms. The number of nitrogens with one attached hydrogen (secondary N) is 2. The van der Waals surface area contributed by atoms with Crippen molar-refractivity contribution >= 4 is 6.03 Å². The number of rotatable bonds is 5. The number of urea groups is 1. The van der Waals surface area contributed by atoms with Crippen LogP contribution in [0.15, 0.2) is 18.2 Å². The van der Waals surface area contributed by atoms with E-state index in [4.69, 9.17) is 10.6 Å². The monoisotopic (exact) mass is 265 g/mol. The first kappa shape index (κ1) is 15.3. The predicted octanol–water partition coefficient (Wildman–Crippen LogP) is 1.71. The highest BCUT2D eigenvalue weighted by Gasteiger charge is 2.25. The molecule has 0 aliphatic rings. The molecule has 106 valence electrons. The first-order valence-electron chi connectivity index (χ1n) is 6.36. The van der Waals surface area contributed by atoms with Crippen LogP contribution in [0.1, 0.15) is 31.9 Å². The van der Waals surface area contributed by atoms with E-state index in [0.29, 0.717) is 6.54 Å². The molecule has 19 heavy (non-hydrogen) atoms. The Morgan fingerprint density at radius 2 is 2.11 bits per heavy atom. The van der Waals surface area contributed by atoms with Crippen molar-refractivity contribution in [2.45, 2.75) is 32.6 Å². The highest BCUT2D eigenvalue weighted by Crippen LogP contribution is 2.32. The number of methoxy groups -OCH3 is 1. The molecule has 4 N–H and O–H groups in total. The van der Waals surface area contributed by atoms with Crippen LogP contribution in [-0.4, -0.2) is 19.7 Å². The van der Waals surface area contributed by atoms with Crippen molar-refractivity contribution in [2.24, 2.45) is 5.84 Å². The Labute approximate surface area is 114 Å². The van der Waals surface area contributed by atoms with Crippen molar-refractivity contribution in [3.8, 4) is 5.75 Å². The second-order valence-electron chi connectivity index (χ2n) is 5.10. The highest BCUT2D eigenvalue weighted by atomic mass is 16.5. The van der Waals surface area contributed by atoms with Crippen LogP contribution < -0.4 is 21.3 Å². The summed E-state index contributed by atoms with van der Waals surface area (Å²) in [6.07, 6.45) is 0.962. The average Bonchev–Trinajstić information content (AvgIpc) is 2.43. The summed E-state index contributed by atoms with van der Waals surface area (Å²) in [5.74, 6) is 5.89. The van der Waals surface area contributed by atoms with Gasteiger partial charge >= 0.3 is 6.03 Å². The molecule has 0 bridgehead atoms. The largest absolute Gasteiger partial charge is 0.496 e. The van der Waals surface area contributed by atoms with E-state index in [9.17, 15) is 4.79 Å². The summed E-state index contributed by atoms with van der Waals surface area (Å²) < 4.78 is 5.41. The predicted molar refractivity (Wildman–Crippen MR) is 76.1 cm³/mol. The summed E-state index contributed by atoms with van der Waals surface area (Å²) in [5.41, 5.74) is 4.13. The molecule has 2 amide bonds. The second kappa shape index (κ2) is 6.43. The van der Waals surface area contributed by atoms with E-state index >= 15 is 0 Å². The van der Waals surface area contributed by atoms with Crippen molar-refractivity contribution < 1.29 is 9.53 Å². The number of nitrogens with two attached hydrogens (primary N) is 1. The van der Waals surface area contributed by atoms with Crippen LogP contribution >= 0.6 is 0 Å². The Kier molecular flexibility index (Phi) is 5.18. The van der Waals surface area contributed by atoms with Gasteiger partial charge in [-0.2, -0.15) is 0 Å². The Balaban J connectivity index is 3.00. The van der Waals surface area contributed by atoms with Gasteiger partial charge in [-0.3, -0.25) is 5.43 Å². The summed E-state index contributed by atoms with van der Waals surface area (Å²) in [7, 11) is 1.65. The van der Waals surface area contributed by atoms with Crippen LogP contribution in [-0.2, 0) is 11.8 Å². The van der Waals surface area contributed by atoms with Gasteiger partial charge in [-0.05, 0) is 18.1 Å². The lowest BCUT2D eigenvalue weighted by molar-refractivity contribution is 0.238. The minimum Gasteiger partial charge on any atom is -0.496 e. The summed E-state index contributed by atoms with van der Waals surface area (Å²) in [4.78, 5) is 11.2. The smallest absolute Gasteiger partial charge is 0.328 e. The lowest BCUT2D eigenvalue weighted by Gasteiger charge is -2.28. The fourth-order valence-electron chi connectivity index (χ4n) is 1.95. The summed E-state index contributed by atoms with van der Waals surface area (Å²) >= 11 is 0. The maximum atomic E-state index is 11.2. The van der Waals surface area contributed by atoms with E-state index in [1.165, 1.54) is 5.56 Å². The molecule has 1 rings (SSSR count). The van der Waals surface area contributed by atoms with E-state index in [2.05, 4.69) is 43.6 Å². The lowest BCUT2D eigenvalue weighted by Crippen LogP contribution is -2.45. The number of hydrazine groups is 1. The Hall–Kier alpha value is -1.75. The third-order valence-corrected chi connectivity index (χ3v) is 3.22. The quantitative estimate of drug-likeness (QED) is 0.431.